The summed E-state index contributed by atoms with van der Waals surface area (Å²) in [5.74, 6) is 0.0696. The molecule has 85 heavy (non-hydrogen) atoms. The first-order valence-corrected chi connectivity index (χ1v) is 28.8. The molecule has 0 aliphatic carbocycles. The van der Waals surface area contributed by atoms with Crippen molar-refractivity contribution in [2.24, 2.45) is 0 Å². The van der Waals surface area contributed by atoms with E-state index in [-0.39, 0.29) is 29.1 Å². The Balaban J connectivity index is 0.000000167. The summed E-state index contributed by atoms with van der Waals surface area (Å²) in [6.07, 6.45) is 3.85. The lowest BCUT2D eigenvalue weighted by Crippen LogP contribution is -2.58. The van der Waals surface area contributed by atoms with Crippen molar-refractivity contribution in [2.45, 2.75) is 65.7 Å². The number of pyridine rings is 2. The van der Waals surface area contributed by atoms with E-state index >= 15 is 0 Å². The average molecular weight is 1140 g/mol. The van der Waals surface area contributed by atoms with Gasteiger partial charge in [0.25, 0.3) is 22.3 Å². The standard InChI is InChI=1S/C36H32N4O2.C29H28N4O.C7H5ClO/c1-24-21-39(36(42)33-12-8-11-32(34(24)33)27-13-15-29(37-4)16-14-27)31-19-17-30(18-20-31)38-22-25(2)40(26(3)23-38)35(41)28-9-6-5-7-10-28;1-19-16-33(25-14-12-24(13-15-25)32-17-20(2)31-21(3)18-32)29(34)27-7-5-6-26(28(19)27)22-8-10-23(30-4)11-9-22;8-7(9)6-4-2-1-3-5-6/h5-21,25-26H,22-23H2,1-3H3;5-16,20-21,31H,17-18H2,1-3H3;1-5H/t25-,26-;20-,21-;/m11./s1. The van der Waals surface area contributed by atoms with Crippen LogP contribution in [-0.4, -0.2) is 75.5 Å². The van der Waals surface area contributed by atoms with Gasteiger partial charge in [0.1, 0.15) is 0 Å². The summed E-state index contributed by atoms with van der Waals surface area (Å²) in [7, 11) is 0. The van der Waals surface area contributed by atoms with Crippen LogP contribution in [0.5, 0.6) is 0 Å². The van der Waals surface area contributed by atoms with E-state index < -0.39 is 5.24 Å². The SMILES string of the molecule is O=C(Cl)c1ccccc1.[C-]#[N+]c1ccc(-c2cccc3c(=O)n(-c4ccc(N5C[C@@H](C)N(C(=O)c6ccccc6)[C@H](C)C5)cc4)cc(C)c23)cc1.[C-]#[N+]c1ccc(-c2cccc3c(=O)n(-c4ccc(N5C[C@@H](C)N[C@H](C)C5)cc4)cc(C)c23)cc1. The Hall–Kier alpha value is -9.85. The molecule has 0 saturated carbocycles. The zero-order valence-electron chi connectivity index (χ0n) is 48.4. The van der Waals surface area contributed by atoms with Gasteiger partial charge in [0.05, 0.1) is 13.1 Å². The molecule has 2 fully saturated rings. The molecule has 424 valence electrons. The minimum atomic E-state index is -0.407. The van der Waals surface area contributed by atoms with E-state index in [0.29, 0.717) is 39.8 Å². The highest BCUT2D eigenvalue weighted by Crippen LogP contribution is 2.34. The molecule has 2 aliphatic rings. The van der Waals surface area contributed by atoms with E-state index in [0.717, 1.165) is 93.0 Å². The van der Waals surface area contributed by atoms with Crippen molar-refractivity contribution in [3.63, 3.8) is 0 Å². The molecule has 13 heteroatoms. The molecule has 12 nitrogen and oxygen atoms in total. The van der Waals surface area contributed by atoms with Crippen molar-refractivity contribution < 1.29 is 9.59 Å². The molecule has 4 heterocycles. The third kappa shape index (κ3) is 12.7. The largest absolute Gasteiger partial charge is 0.368 e. The Morgan fingerprint density at radius 3 is 1.22 bits per heavy atom. The minimum absolute atomic E-state index is 0.0302. The number of aromatic nitrogens is 2. The monoisotopic (exact) mass is 1140 g/mol. The van der Waals surface area contributed by atoms with Crippen LogP contribution >= 0.6 is 11.6 Å². The van der Waals surface area contributed by atoms with Crippen LogP contribution in [-0.2, 0) is 0 Å². The topological polar surface area (TPSA) is 109 Å². The van der Waals surface area contributed by atoms with Gasteiger partial charge in [0, 0.05) is 107 Å². The Kier molecular flexibility index (Phi) is 17.7. The third-order valence-electron chi connectivity index (χ3n) is 15.8. The van der Waals surface area contributed by atoms with Crippen LogP contribution in [0.4, 0.5) is 22.7 Å². The van der Waals surface area contributed by atoms with Crippen LogP contribution in [0.15, 0.2) is 216 Å². The van der Waals surface area contributed by atoms with E-state index in [1.54, 1.807) is 33.4 Å². The first kappa shape index (κ1) is 58.4. The number of aryl methyl sites for hydroxylation is 2. The first-order chi connectivity index (χ1) is 41.1. The number of carbonyl (C=O) groups is 2. The van der Waals surface area contributed by atoms with Crippen LogP contribution in [0.1, 0.15) is 59.5 Å². The molecule has 12 rings (SSSR count). The van der Waals surface area contributed by atoms with Crippen molar-refractivity contribution in [2.75, 3.05) is 36.0 Å². The normalized spacial score (nSPS) is 16.5. The molecule has 0 bridgehead atoms. The fourth-order valence-electron chi connectivity index (χ4n) is 11.9. The maximum absolute atomic E-state index is 13.7. The average Bonchev–Trinajstić information content (AvgIpc) is 1.65. The molecule has 0 radical (unpaired) electrons. The summed E-state index contributed by atoms with van der Waals surface area (Å²) in [6, 6.07) is 62.3. The number of piperazine rings is 2. The van der Waals surface area contributed by atoms with Crippen LogP contribution in [0.25, 0.3) is 64.9 Å². The predicted octanol–water partition coefficient (Wildman–Crippen LogP) is 15.0. The molecule has 4 atom stereocenters. The maximum Gasteiger partial charge on any atom is 0.262 e. The second kappa shape index (κ2) is 25.7. The van der Waals surface area contributed by atoms with Gasteiger partial charge in [0.15, 0.2) is 11.4 Å². The zero-order chi connectivity index (χ0) is 59.9. The molecule has 1 amide bonds. The molecular formula is C72H65ClN8O4. The fraction of sp³-hybridized carbons (Fsp3) is 0.194. The number of rotatable bonds is 8. The van der Waals surface area contributed by atoms with Crippen molar-refractivity contribution in [3.05, 3.63) is 272 Å². The summed E-state index contributed by atoms with van der Waals surface area (Å²) in [4.78, 5) is 64.6. The lowest BCUT2D eigenvalue weighted by Gasteiger charge is -2.45. The summed E-state index contributed by atoms with van der Waals surface area (Å²) in [6.45, 7) is 30.5. The van der Waals surface area contributed by atoms with Gasteiger partial charge < -0.3 is 20.0 Å². The number of hydrogen-bond donors (Lipinski definition) is 1. The first-order valence-electron chi connectivity index (χ1n) is 28.5. The number of amides is 1. The maximum atomic E-state index is 13.7. The highest BCUT2D eigenvalue weighted by atomic mass is 35.5. The number of nitrogens with one attached hydrogen (secondary N) is 1. The number of halogens is 1. The summed E-state index contributed by atoms with van der Waals surface area (Å²) in [5.41, 5.74) is 12.3. The highest BCUT2D eigenvalue weighted by Gasteiger charge is 2.33. The van der Waals surface area contributed by atoms with Crippen molar-refractivity contribution >= 4 is 67.0 Å². The van der Waals surface area contributed by atoms with Gasteiger partial charge in [-0.3, -0.25) is 28.3 Å². The smallest absolute Gasteiger partial charge is 0.262 e. The number of benzene rings is 8. The van der Waals surface area contributed by atoms with Crippen LogP contribution in [0.2, 0.25) is 0 Å². The lowest BCUT2D eigenvalue weighted by molar-refractivity contribution is 0.0574. The molecule has 2 aromatic heterocycles. The number of fused-ring (bicyclic) bond motifs is 2. The van der Waals surface area contributed by atoms with Gasteiger partial charge >= 0.3 is 0 Å². The Morgan fingerprint density at radius 2 is 0.847 bits per heavy atom. The van der Waals surface area contributed by atoms with Gasteiger partial charge in [-0.15, -0.1) is 0 Å². The van der Waals surface area contributed by atoms with Gasteiger partial charge in [-0.05, 0) is 170 Å². The van der Waals surface area contributed by atoms with Gasteiger partial charge in [-0.25, -0.2) is 9.69 Å². The lowest BCUT2D eigenvalue weighted by atomic mass is 9.96. The zero-order valence-corrected chi connectivity index (χ0v) is 49.2. The number of nitrogens with zero attached hydrogens (tertiary/aromatic N) is 7. The second-order valence-electron chi connectivity index (χ2n) is 22.0. The van der Waals surface area contributed by atoms with Gasteiger partial charge in [0.2, 0.25) is 0 Å². The second-order valence-corrected chi connectivity index (χ2v) is 22.3. The molecule has 1 N–H and O–H groups in total. The fourth-order valence-corrected chi connectivity index (χ4v) is 12.0. The molecule has 8 aromatic carbocycles. The molecule has 0 spiro atoms. The van der Waals surface area contributed by atoms with Gasteiger partial charge in [-0.1, -0.05) is 121 Å². The van der Waals surface area contributed by atoms with Crippen molar-refractivity contribution in [1.29, 1.82) is 0 Å². The Labute approximate surface area is 501 Å². The van der Waals surface area contributed by atoms with Crippen LogP contribution in [0.3, 0.4) is 0 Å². The molecule has 0 unspecified atom stereocenters. The van der Waals surface area contributed by atoms with Crippen molar-refractivity contribution in [1.82, 2.24) is 19.4 Å². The van der Waals surface area contributed by atoms with Crippen LogP contribution in [0, 0.1) is 27.0 Å². The van der Waals surface area contributed by atoms with E-state index in [1.807, 2.05) is 177 Å². The molecule has 2 aliphatic heterocycles. The summed E-state index contributed by atoms with van der Waals surface area (Å²) >= 11 is 5.16. The Bertz CT molecular complexity index is 4250. The van der Waals surface area contributed by atoms with Gasteiger partial charge in [-0.2, -0.15) is 0 Å². The van der Waals surface area contributed by atoms with E-state index in [9.17, 15) is 19.2 Å². The molecular weight excluding hydrogens is 1080 g/mol. The minimum Gasteiger partial charge on any atom is -0.368 e. The van der Waals surface area contributed by atoms with E-state index in [4.69, 9.17) is 24.7 Å². The molecule has 10 aromatic rings. The molecule has 2 saturated heterocycles. The van der Waals surface area contributed by atoms with Crippen LogP contribution < -0.4 is 26.2 Å². The van der Waals surface area contributed by atoms with E-state index in [1.165, 1.54) is 5.69 Å². The summed E-state index contributed by atoms with van der Waals surface area (Å²) in [5, 5.41) is 6.40. The predicted molar refractivity (Wildman–Crippen MR) is 347 cm³/mol. The number of hydrogen-bond acceptors (Lipinski definition) is 7. The number of carbonyl (C=O) groups excluding carboxylic acids is 2. The highest BCUT2D eigenvalue weighted by molar-refractivity contribution is 6.67. The van der Waals surface area contributed by atoms with E-state index in [2.05, 4.69) is 76.8 Å². The Morgan fingerprint density at radius 1 is 0.471 bits per heavy atom. The third-order valence-corrected chi connectivity index (χ3v) is 16.0. The summed E-state index contributed by atoms with van der Waals surface area (Å²) < 4.78 is 3.46. The van der Waals surface area contributed by atoms with Crippen molar-refractivity contribution in [3.8, 4) is 33.6 Å². The number of anilines is 2. The quantitative estimate of drug-likeness (QED) is 0.119.